The Morgan fingerprint density at radius 2 is 2.06 bits per heavy atom. The predicted octanol–water partition coefficient (Wildman–Crippen LogP) is 2.19. The van der Waals surface area contributed by atoms with Gasteiger partial charge in [-0.1, -0.05) is 30.3 Å². The highest BCUT2D eigenvalue weighted by atomic mass is 16.4. The van der Waals surface area contributed by atoms with Crippen LogP contribution >= 0.6 is 0 Å². The Balaban J connectivity index is 2.06. The molecule has 0 bridgehead atoms. The first-order valence-electron chi connectivity index (χ1n) is 6.19. The fraction of sp³-hybridized carbons (Fsp3) is 0.429. The van der Waals surface area contributed by atoms with Crippen LogP contribution in [0.2, 0.25) is 0 Å². The number of likely N-dealkylation sites (tertiary alicyclic amines) is 1. The minimum absolute atomic E-state index is 0.0129. The van der Waals surface area contributed by atoms with Crippen LogP contribution in [0.15, 0.2) is 30.3 Å². The van der Waals surface area contributed by atoms with Crippen LogP contribution in [0.4, 0.5) is 4.79 Å². The molecule has 1 saturated heterocycles. The van der Waals surface area contributed by atoms with Gasteiger partial charge in [0, 0.05) is 18.5 Å². The first-order chi connectivity index (χ1) is 8.70. The molecule has 4 nitrogen and oxygen atoms in total. The molecule has 0 saturated carbocycles. The number of carbonyl (C=O) groups is 2. The summed E-state index contributed by atoms with van der Waals surface area (Å²) in [6.45, 7) is 0.330. The monoisotopic (exact) mass is 247 g/mol. The molecule has 0 aromatic heterocycles. The molecular formula is C14H17NO3. The lowest BCUT2D eigenvalue weighted by atomic mass is 9.90. The van der Waals surface area contributed by atoms with E-state index in [9.17, 15) is 14.7 Å². The average Bonchev–Trinajstić information content (AvgIpc) is 2.40. The van der Waals surface area contributed by atoms with Crippen molar-refractivity contribution in [3.05, 3.63) is 35.9 Å². The second kappa shape index (κ2) is 5.67. The molecule has 0 aliphatic carbocycles. The zero-order valence-electron chi connectivity index (χ0n) is 10.2. The number of benzene rings is 1. The molecular weight excluding hydrogens is 230 g/mol. The predicted molar refractivity (Wildman–Crippen MR) is 67.5 cm³/mol. The van der Waals surface area contributed by atoms with Crippen molar-refractivity contribution in [1.29, 1.82) is 0 Å². The lowest BCUT2D eigenvalue weighted by Gasteiger charge is -2.36. The van der Waals surface area contributed by atoms with Gasteiger partial charge in [0.25, 0.3) is 0 Å². The van der Waals surface area contributed by atoms with Crippen LogP contribution in [-0.2, 0) is 11.2 Å². The van der Waals surface area contributed by atoms with Crippen molar-refractivity contribution in [2.24, 2.45) is 5.92 Å². The Hall–Kier alpha value is -1.84. The highest BCUT2D eigenvalue weighted by Crippen LogP contribution is 2.23. The standard InChI is InChI=1S/C14H17NO3/c16-10-12-6-7-13(15(9-12)14(17)18)8-11-4-2-1-3-5-11/h1-5,10,12-13H,6-9H2,(H,17,18). The molecule has 2 atom stereocenters. The lowest BCUT2D eigenvalue weighted by Crippen LogP contribution is -2.47. The smallest absolute Gasteiger partial charge is 0.407 e. The van der Waals surface area contributed by atoms with E-state index in [1.165, 1.54) is 4.90 Å². The van der Waals surface area contributed by atoms with Crippen molar-refractivity contribution in [1.82, 2.24) is 4.90 Å². The SMILES string of the molecule is O=CC1CCC(Cc2ccccc2)N(C(=O)O)C1. The van der Waals surface area contributed by atoms with E-state index in [1.54, 1.807) is 0 Å². The van der Waals surface area contributed by atoms with Crippen molar-refractivity contribution in [3.8, 4) is 0 Å². The first-order valence-corrected chi connectivity index (χ1v) is 6.19. The number of hydrogen-bond acceptors (Lipinski definition) is 2. The van der Waals surface area contributed by atoms with Crippen molar-refractivity contribution in [2.45, 2.75) is 25.3 Å². The molecule has 1 aliphatic rings. The van der Waals surface area contributed by atoms with Crippen LogP contribution in [-0.4, -0.2) is 35.0 Å². The molecule has 1 fully saturated rings. The van der Waals surface area contributed by atoms with E-state index in [1.807, 2.05) is 30.3 Å². The number of carboxylic acid groups (broad SMARTS) is 1. The van der Waals surface area contributed by atoms with Gasteiger partial charge >= 0.3 is 6.09 Å². The van der Waals surface area contributed by atoms with Crippen LogP contribution in [0.3, 0.4) is 0 Å². The van der Waals surface area contributed by atoms with E-state index in [4.69, 9.17) is 0 Å². The summed E-state index contributed by atoms with van der Waals surface area (Å²) in [7, 11) is 0. The summed E-state index contributed by atoms with van der Waals surface area (Å²) in [6, 6.07) is 9.86. The van der Waals surface area contributed by atoms with Gasteiger partial charge in [-0.3, -0.25) is 0 Å². The van der Waals surface area contributed by atoms with Crippen LogP contribution in [0, 0.1) is 5.92 Å². The molecule has 0 spiro atoms. The maximum Gasteiger partial charge on any atom is 0.407 e. The molecule has 2 unspecified atom stereocenters. The molecule has 1 heterocycles. The summed E-state index contributed by atoms with van der Waals surface area (Å²) in [5, 5.41) is 9.21. The average molecular weight is 247 g/mol. The van der Waals surface area contributed by atoms with E-state index in [2.05, 4.69) is 0 Å². The fourth-order valence-corrected chi connectivity index (χ4v) is 2.50. The topological polar surface area (TPSA) is 57.6 Å². The Labute approximate surface area is 106 Å². The van der Waals surface area contributed by atoms with Crippen LogP contribution in [0.25, 0.3) is 0 Å². The Morgan fingerprint density at radius 3 is 2.67 bits per heavy atom. The highest BCUT2D eigenvalue weighted by Gasteiger charge is 2.31. The van der Waals surface area contributed by atoms with Gasteiger partial charge in [0.15, 0.2) is 0 Å². The molecule has 96 valence electrons. The quantitative estimate of drug-likeness (QED) is 0.833. The molecule has 2 rings (SSSR count). The molecule has 1 aromatic carbocycles. The lowest BCUT2D eigenvalue weighted by molar-refractivity contribution is -0.112. The molecule has 0 radical (unpaired) electrons. The number of nitrogens with zero attached hydrogens (tertiary/aromatic N) is 1. The van der Waals surface area contributed by atoms with Gasteiger partial charge in [0.1, 0.15) is 6.29 Å². The van der Waals surface area contributed by atoms with Gasteiger partial charge in [-0.25, -0.2) is 4.79 Å². The maximum absolute atomic E-state index is 11.2. The fourth-order valence-electron chi connectivity index (χ4n) is 2.50. The van der Waals surface area contributed by atoms with E-state index in [0.717, 1.165) is 31.1 Å². The third-order valence-electron chi connectivity index (χ3n) is 3.49. The van der Waals surface area contributed by atoms with E-state index in [-0.39, 0.29) is 12.0 Å². The second-order valence-electron chi connectivity index (χ2n) is 4.75. The number of amides is 1. The maximum atomic E-state index is 11.2. The third-order valence-corrected chi connectivity index (χ3v) is 3.49. The molecule has 1 N–H and O–H groups in total. The zero-order valence-corrected chi connectivity index (χ0v) is 10.2. The highest BCUT2D eigenvalue weighted by molar-refractivity contribution is 5.67. The second-order valence-corrected chi connectivity index (χ2v) is 4.75. The molecule has 4 heteroatoms. The molecule has 1 aliphatic heterocycles. The number of hydrogen-bond donors (Lipinski definition) is 1. The first kappa shape index (κ1) is 12.6. The van der Waals surface area contributed by atoms with E-state index in [0.29, 0.717) is 6.54 Å². The summed E-state index contributed by atoms with van der Waals surface area (Å²) in [4.78, 5) is 23.4. The van der Waals surface area contributed by atoms with Gasteiger partial charge in [0.05, 0.1) is 0 Å². The Kier molecular flexibility index (Phi) is 3.97. The number of piperidine rings is 1. The van der Waals surface area contributed by atoms with Crippen molar-refractivity contribution in [3.63, 3.8) is 0 Å². The van der Waals surface area contributed by atoms with E-state index >= 15 is 0 Å². The van der Waals surface area contributed by atoms with Crippen LogP contribution < -0.4 is 0 Å². The summed E-state index contributed by atoms with van der Waals surface area (Å²) < 4.78 is 0. The van der Waals surface area contributed by atoms with Gasteiger partial charge in [-0.2, -0.15) is 0 Å². The van der Waals surface area contributed by atoms with Crippen molar-refractivity contribution >= 4 is 12.4 Å². The zero-order chi connectivity index (χ0) is 13.0. The van der Waals surface area contributed by atoms with Crippen molar-refractivity contribution in [2.75, 3.05) is 6.54 Å². The summed E-state index contributed by atoms with van der Waals surface area (Å²) >= 11 is 0. The van der Waals surface area contributed by atoms with Gasteiger partial charge in [-0.15, -0.1) is 0 Å². The van der Waals surface area contributed by atoms with Gasteiger partial charge in [-0.05, 0) is 24.8 Å². The van der Waals surface area contributed by atoms with Crippen LogP contribution in [0.1, 0.15) is 18.4 Å². The van der Waals surface area contributed by atoms with Gasteiger partial charge < -0.3 is 14.8 Å². The normalized spacial score (nSPS) is 23.7. The van der Waals surface area contributed by atoms with Crippen LogP contribution in [0.5, 0.6) is 0 Å². The van der Waals surface area contributed by atoms with Crippen molar-refractivity contribution < 1.29 is 14.7 Å². The number of aldehydes is 1. The number of rotatable bonds is 3. The largest absolute Gasteiger partial charge is 0.465 e. The van der Waals surface area contributed by atoms with E-state index < -0.39 is 6.09 Å². The Bertz CT molecular complexity index is 418. The summed E-state index contributed by atoms with van der Waals surface area (Å²) in [5.41, 5.74) is 1.14. The molecule has 18 heavy (non-hydrogen) atoms. The summed E-state index contributed by atoms with van der Waals surface area (Å²) in [5.74, 6) is -0.145. The van der Waals surface area contributed by atoms with Gasteiger partial charge in [0.2, 0.25) is 0 Å². The minimum atomic E-state index is -0.928. The summed E-state index contributed by atoms with van der Waals surface area (Å²) in [6.07, 6.45) is 2.20. The Morgan fingerprint density at radius 1 is 1.33 bits per heavy atom. The molecule has 1 aromatic rings. The molecule has 1 amide bonds. The minimum Gasteiger partial charge on any atom is -0.465 e. The number of carbonyl (C=O) groups excluding carboxylic acids is 1. The third kappa shape index (κ3) is 2.88.